The van der Waals surface area contributed by atoms with Crippen LogP contribution >= 0.6 is 39.7 Å². The van der Waals surface area contributed by atoms with Crippen LogP contribution in [0, 0.1) is 11.8 Å². The molecule has 1 aromatic heterocycles. The number of likely N-dealkylation sites (tertiary alicyclic amines) is 1. The third-order valence-corrected chi connectivity index (χ3v) is 6.38. The van der Waals surface area contributed by atoms with Crippen molar-refractivity contribution in [3.63, 3.8) is 0 Å². The van der Waals surface area contributed by atoms with Gasteiger partial charge in [0.1, 0.15) is 0 Å². The predicted octanol–water partition coefficient (Wildman–Crippen LogP) is 2.20. The number of carbonyl (C=O) groups excluding carboxylic acids is 2. The molecule has 3 rings (SSSR count). The van der Waals surface area contributed by atoms with Gasteiger partial charge in [-0.05, 0) is 52.7 Å². The third kappa shape index (κ3) is 3.90. The van der Waals surface area contributed by atoms with Crippen molar-refractivity contribution in [2.24, 2.45) is 17.6 Å². The molecular formula is C15H21BrClN3O2S. The van der Waals surface area contributed by atoms with E-state index in [-0.39, 0.29) is 36.8 Å². The van der Waals surface area contributed by atoms with Crippen molar-refractivity contribution in [2.75, 3.05) is 26.7 Å². The highest BCUT2D eigenvalue weighted by atomic mass is 79.9. The second kappa shape index (κ2) is 7.51. The van der Waals surface area contributed by atoms with E-state index in [0.29, 0.717) is 16.7 Å². The topological polar surface area (TPSA) is 66.6 Å². The standard InChI is InChI=1S/C15H20BrN3O2S.ClH/c1-18(15(21)12-4-5-13(16)22-12)8-14(20)19-6-9-2-3-11(17)10(9)7-19;/h4-5,9-11H,2-3,6-8,17H2,1H3;1H. The number of likely N-dealkylation sites (N-methyl/N-ethyl adjacent to an activating group) is 1. The first-order valence-electron chi connectivity index (χ1n) is 7.50. The highest BCUT2D eigenvalue weighted by Crippen LogP contribution is 2.37. The Bertz CT molecular complexity index is 597. The lowest BCUT2D eigenvalue weighted by Crippen LogP contribution is -2.41. The Morgan fingerprint density at radius 3 is 2.74 bits per heavy atom. The van der Waals surface area contributed by atoms with Gasteiger partial charge in [-0.25, -0.2) is 0 Å². The fourth-order valence-electron chi connectivity index (χ4n) is 3.50. The maximum absolute atomic E-state index is 12.4. The summed E-state index contributed by atoms with van der Waals surface area (Å²) in [4.78, 5) is 28.7. The summed E-state index contributed by atoms with van der Waals surface area (Å²) in [5.41, 5.74) is 6.10. The zero-order valence-electron chi connectivity index (χ0n) is 12.9. The fourth-order valence-corrected chi connectivity index (χ4v) is 4.88. The molecule has 1 aliphatic carbocycles. The molecule has 2 amide bonds. The molecule has 1 saturated carbocycles. The third-order valence-electron chi connectivity index (χ3n) is 4.77. The van der Waals surface area contributed by atoms with Gasteiger partial charge in [-0.3, -0.25) is 9.59 Å². The summed E-state index contributed by atoms with van der Waals surface area (Å²) in [6.45, 7) is 1.67. The number of hydrogen-bond donors (Lipinski definition) is 1. The van der Waals surface area contributed by atoms with Crippen LogP contribution in [0.25, 0.3) is 0 Å². The van der Waals surface area contributed by atoms with Gasteiger partial charge in [-0.1, -0.05) is 0 Å². The van der Waals surface area contributed by atoms with Crippen molar-refractivity contribution in [1.29, 1.82) is 0 Å². The Morgan fingerprint density at radius 2 is 2.13 bits per heavy atom. The second-order valence-electron chi connectivity index (χ2n) is 6.23. The summed E-state index contributed by atoms with van der Waals surface area (Å²) in [5.74, 6) is 0.902. The zero-order chi connectivity index (χ0) is 15.9. The van der Waals surface area contributed by atoms with Crippen LogP contribution in [0.4, 0.5) is 0 Å². The minimum atomic E-state index is -0.111. The van der Waals surface area contributed by atoms with Crippen molar-refractivity contribution in [3.8, 4) is 0 Å². The van der Waals surface area contributed by atoms with E-state index in [2.05, 4.69) is 15.9 Å². The molecule has 0 spiro atoms. The van der Waals surface area contributed by atoms with Crippen LogP contribution in [-0.2, 0) is 4.79 Å². The SMILES string of the molecule is CN(CC(=O)N1CC2CCC(N)C2C1)C(=O)c1ccc(Br)s1.Cl. The van der Waals surface area contributed by atoms with E-state index in [1.165, 1.54) is 16.2 Å². The molecule has 128 valence electrons. The largest absolute Gasteiger partial charge is 0.341 e. The molecule has 2 N–H and O–H groups in total. The van der Waals surface area contributed by atoms with Crippen LogP contribution in [-0.4, -0.2) is 54.3 Å². The summed E-state index contributed by atoms with van der Waals surface area (Å²) >= 11 is 4.73. The highest BCUT2D eigenvalue weighted by Gasteiger charge is 2.42. The van der Waals surface area contributed by atoms with Crippen LogP contribution in [0.5, 0.6) is 0 Å². The molecule has 8 heteroatoms. The fraction of sp³-hybridized carbons (Fsp3) is 0.600. The molecule has 2 fully saturated rings. The maximum Gasteiger partial charge on any atom is 0.264 e. The molecule has 0 bridgehead atoms. The molecule has 0 aromatic carbocycles. The molecule has 5 nitrogen and oxygen atoms in total. The maximum atomic E-state index is 12.4. The number of amides is 2. The smallest absolute Gasteiger partial charge is 0.264 e. The monoisotopic (exact) mass is 421 g/mol. The average Bonchev–Trinajstić information content (AvgIpc) is 3.16. The lowest BCUT2D eigenvalue weighted by molar-refractivity contribution is -0.130. The van der Waals surface area contributed by atoms with Crippen LogP contribution in [0.15, 0.2) is 15.9 Å². The number of fused-ring (bicyclic) bond motifs is 1. The normalized spacial score (nSPS) is 25.9. The molecule has 3 unspecified atom stereocenters. The lowest BCUT2D eigenvalue weighted by atomic mass is 9.98. The highest BCUT2D eigenvalue weighted by molar-refractivity contribution is 9.11. The minimum absolute atomic E-state index is 0. The Kier molecular flexibility index (Phi) is 6.10. The summed E-state index contributed by atoms with van der Waals surface area (Å²) in [5, 5.41) is 0. The number of halogens is 2. The van der Waals surface area contributed by atoms with E-state index in [9.17, 15) is 9.59 Å². The number of nitrogens with zero attached hydrogens (tertiary/aromatic N) is 2. The molecule has 1 aliphatic heterocycles. The zero-order valence-corrected chi connectivity index (χ0v) is 16.1. The van der Waals surface area contributed by atoms with E-state index < -0.39 is 0 Å². The van der Waals surface area contributed by atoms with Gasteiger partial charge in [-0.15, -0.1) is 23.7 Å². The van der Waals surface area contributed by atoms with Gasteiger partial charge < -0.3 is 15.5 Å². The van der Waals surface area contributed by atoms with Crippen LogP contribution in [0.2, 0.25) is 0 Å². The van der Waals surface area contributed by atoms with Crippen molar-refractivity contribution in [3.05, 3.63) is 20.8 Å². The molecule has 2 heterocycles. The van der Waals surface area contributed by atoms with Gasteiger partial charge in [-0.2, -0.15) is 0 Å². The van der Waals surface area contributed by atoms with Gasteiger partial charge >= 0.3 is 0 Å². The molecule has 1 saturated heterocycles. The Morgan fingerprint density at radius 1 is 1.39 bits per heavy atom. The number of carbonyl (C=O) groups is 2. The van der Waals surface area contributed by atoms with Crippen LogP contribution in [0.3, 0.4) is 0 Å². The van der Waals surface area contributed by atoms with E-state index in [4.69, 9.17) is 5.73 Å². The Balaban J connectivity index is 0.00000192. The first-order chi connectivity index (χ1) is 10.5. The number of thiophene rings is 1. The molecule has 3 atom stereocenters. The van der Waals surface area contributed by atoms with Gasteiger partial charge in [0.25, 0.3) is 5.91 Å². The molecule has 0 radical (unpaired) electrons. The Hall–Kier alpha value is -0.630. The quantitative estimate of drug-likeness (QED) is 0.812. The molecule has 1 aromatic rings. The van der Waals surface area contributed by atoms with Gasteiger partial charge in [0.2, 0.25) is 5.91 Å². The first kappa shape index (κ1) is 18.7. The summed E-state index contributed by atoms with van der Waals surface area (Å²) in [6.07, 6.45) is 2.19. The molecule has 23 heavy (non-hydrogen) atoms. The second-order valence-corrected chi connectivity index (χ2v) is 8.69. The van der Waals surface area contributed by atoms with Crippen molar-refractivity contribution >= 4 is 51.5 Å². The first-order valence-corrected chi connectivity index (χ1v) is 9.11. The van der Waals surface area contributed by atoms with E-state index in [1.807, 2.05) is 11.0 Å². The van der Waals surface area contributed by atoms with Crippen LogP contribution < -0.4 is 5.73 Å². The van der Waals surface area contributed by atoms with Gasteiger partial charge in [0.05, 0.1) is 15.2 Å². The minimum Gasteiger partial charge on any atom is -0.341 e. The van der Waals surface area contributed by atoms with Crippen molar-refractivity contribution in [2.45, 2.75) is 18.9 Å². The number of rotatable bonds is 3. The van der Waals surface area contributed by atoms with Crippen molar-refractivity contribution < 1.29 is 9.59 Å². The molecule has 2 aliphatic rings. The summed E-state index contributed by atoms with van der Waals surface area (Å²) in [6, 6.07) is 3.85. The van der Waals surface area contributed by atoms with E-state index in [0.717, 1.165) is 29.7 Å². The lowest BCUT2D eigenvalue weighted by Gasteiger charge is -2.22. The number of nitrogens with two attached hydrogens (primary N) is 1. The van der Waals surface area contributed by atoms with E-state index in [1.54, 1.807) is 13.1 Å². The predicted molar refractivity (Wildman–Crippen MR) is 97.0 cm³/mol. The van der Waals surface area contributed by atoms with Crippen LogP contribution in [0.1, 0.15) is 22.5 Å². The average molecular weight is 423 g/mol. The van der Waals surface area contributed by atoms with Gasteiger partial charge in [0.15, 0.2) is 0 Å². The van der Waals surface area contributed by atoms with Gasteiger partial charge in [0, 0.05) is 26.2 Å². The van der Waals surface area contributed by atoms with E-state index >= 15 is 0 Å². The molecular weight excluding hydrogens is 402 g/mol. The summed E-state index contributed by atoms with van der Waals surface area (Å²) < 4.78 is 0.914. The van der Waals surface area contributed by atoms with Crippen molar-refractivity contribution in [1.82, 2.24) is 9.80 Å². The Labute approximate surface area is 154 Å². The number of hydrogen-bond acceptors (Lipinski definition) is 4. The summed E-state index contributed by atoms with van der Waals surface area (Å²) in [7, 11) is 1.68.